The van der Waals surface area contributed by atoms with Crippen molar-refractivity contribution in [1.29, 1.82) is 0 Å². The molecule has 4 rings (SSSR count). The first-order valence-electron chi connectivity index (χ1n) is 9.90. The van der Waals surface area contributed by atoms with Gasteiger partial charge in [0.25, 0.3) is 5.69 Å². The summed E-state index contributed by atoms with van der Waals surface area (Å²) in [4.78, 5) is 48.1. The molecule has 0 radical (unpaired) electrons. The van der Waals surface area contributed by atoms with E-state index in [9.17, 15) is 24.5 Å². The van der Waals surface area contributed by atoms with Crippen molar-refractivity contribution in [3.05, 3.63) is 63.1 Å². The third-order valence-corrected chi connectivity index (χ3v) is 5.18. The topological polar surface area (TPSA) is 128 Å². The van der Waals surface area contributed by atoms with Crippen molar-refractivity contribution in [3.8, 4) is 0 Å². The number of nitrogens with one attached hydrogen (secondary N) is 1. The fourth-order valence-corrected chi connectivity index (χ4v) is 3.65. The molecule has 2 heterocycles. The molecule has 1 aromatic heterocycles. The summed E-state index contributed by atoms with van der Waals surface area (Å²) in [6.45, 7) is 0.951. The molecule has 10 nitrogen and oxygen atoms in total. The van der Waals surface area contributed by atoms with Crippen molar-refractivity contribution in [1.82, 2.24) is 4.57 Å². The normalized spacial score (nSPS) is 13.7. The molecule has 1 fully saturated rings. The van der Waals surface area contributed by atoms with Gasteiger partial charge in [-0.15, -0.1) is 0 Å². The lowest BCUT2D eigenvalue weighted by Gasteiger charge is -2.16. The number of carbonyl (C=O) groups excluding carboxylic acids is 2. The zero-order valence-electron chi connectivity index (χ0n) is 16.6. The molecule has 0 saturated carbocycles. The van der Waals surface area contributed by atoms with Gasteiger partial charge < -0.3 is 14.6 Å². The van der Waals surface area contributed by atoms with Gasteiger partial charge in [0, 0.05) is 43.4 Å². The van der Waals surface area contributed by atoms with Crippen molar-refractivity contribution in [3.63, 3.8) is 0 Å². The SMILES string of the molecule is O=C(CCCn1c(=O)oc2cc([N+](=O)[O-])ccc21)Nc1ccc(N2CCCC2=O)cc1. The molecular formula is C21H20N4O6. The Balaban J connectivity index is 1.33. The van der Waals surface area contributed by atoms with E-state index in [1.165, 1.54) is 22.8 Å². The van der Waals surface area contributed by atoms with E-state index < -0.39 is 10.7 Å². The van der Waals surface area contributed by atoms with Crippen molar-refractivity contribution in [2.45, 2.75) is 32.2 Å². The number of nitrogens with zero attached hydrogens (tertiary/aromatic N) is 3. The molecule has 1 N–H and O–H groups in total. The monoisotopic (exact) mass is 424 g/mol. The number of nitro benzene ring substituents is 1. The molecule has 3 aromatic rings. The van der Waals surface area contributed by atoms with Gasteiger partial charge >= 0.3 is 5.76 Å². The molecule has 2 aromatic carbocycles. The zero-order valence-corrected chi connectivity index (χ0v) is 16.6. The van der Waals surface area contributed by atoms with Crippen LogP contribution < -0.4 is 16.0 Å². The number of oxazole rings is 1. The Morgan fingerprint density at radius 3 is 2.61 bits per heavy atom. The van der Waals surface area contributed by atoms with Gasteiger partial charge in [0.15, 0.2) is 5.58 Å². The minimum absolute atomic E-state index is 0.105. The zero-order chi connectivity index (χ0) is 22.0. The van der Waals surface area contributed by atoms with Crippen LogP contribution in [0.4, 0.5) is 17.1 Å². The molecule has 0 bridgehead atoms. The van der Waals surface area contributed by atoms with Crippen LogP contribution in [0.1, 0.15) is 25.7 Å². The highest BCUT2D eigenvalue weighted by atomic mass is 16.6. The van der Waals surface area contributed by atoms with Gasteiger partial charge in [0.2, 0.25) is 11.8 Å². The minimum Gasteiger partial charge on any atom is -0.407 e. The standard InChI is InChI=1S/C21H20N4O6/c26-19(22-14-5-7-15(8-6-14)23-11-2-4-20(23)27)3-1-12-24-17-10-9-16(25(29)30)13-18(17)31-21(24)28/h5-10,13H,1-4,11-12H2,(H,22,26). The van der Waals surface area contributed by atoms with Crippen LogP contribution >= 0.6 is 0 Å². The number of hydrogen-bond acceptors (Lipinski definition) is 6. The summed E-state index contributed by atoms with van der Waals surface area (Å²) < 4.78 is 6.43. The predicted octanol–water partition coefficient (Wildman–Crippen LogP) is 3.05. The average Bonchev–Trinajstić information content (AvgIpc) is 3.31. The number of rotatable bonds is 7. The number of amides is 2. The molecule has 2 amide bonds. The molecule has 1 saturated heterocycles. The molecular weight excluding hydrogens is 404 g/mol. The van der Waals surface area contributed by atoms with Crippen LogP contribution in [-0.2, 0) is 16.1 Å². The van der Waals surface area contributed by atoms with Crippen LogP contribution in [-0.4, -0.2) is 27.8 Å². The number of aromatic nitrogens is 1. The summed E-state index contributed by atoms with van der Waals surface area (Å²) in [5.41, 5.74) is 1.86. The van der Waals surface area contributed by atoms with E-state index in [1.807, 2.05) is 0 Å². The Hall–Kier alpha value is -3.95. The molecule has 0 unspecified atom stereocenters. The van der Waals surface area contributed by atoms with Gasteiger partial charge in [-0.25, -0.2) is 4.79 Å². The van der Waals surface area contributed by atoms with Crippen molar-refractivity contribution in [2.24, 2.45) is 0 Å². The van der Waals surface area contributed by atoms with E-state index in [2.05, 4.69) is 5.32 Å². The van der Waals surface area contributed by atoms with Gasteiger partial charge in [-0.05, 0) is 43.2 Å². The highest BCUT2D eigenvalue weighted by Crippen LogP contribution is 2.23. The van der Waals surface area contributed by atoms with Crippen LogP contribution in [0.5, 0.6) is 0 Å². The van der Waals surface area contributed by atoms with Gasteiger partial charge in [0.05, 0.1) is 16.5 Å². The Bertz CT molecular complexity index is 1210. The van der Waals surface area contributed by atoms with Gasteiger partial charge in [-0.2, -0.15) is 0 Å². The predicted molar refractivity (Wildman–Crippen MR) is 113 cm³/mol. The van der Waals surface area contributed by atoms with Crippen LogP contribution in [0, 0.1) is 10.1 Å². The summed E-state index contributed by atoms with van der Waals surface area (Å²) in [6, 6.07) is 11.1. The van der Waals surface area contributed by atoms with E-state index in [-0.39, 0.29) is 36.1 Å². The molecule has 1 aliphatic heterocycles. The molecule has 0 atom stereocenters. The Morgan fingerprint density at radius 2 is 1.94 bits per heavy atom. The van der Waals surface area contributed by atoms with Crippen LogP contribution in [0.25, 0.3) is 11.1 Å². The third kappa shape index (κ3) is 4.32. The first-order valence-corrected chi connectivity index (χ1v) is 9.90. The largest absolute Gasteiger partial charge is 0.419 e. The van der Waals surface area contributed by atoms with Crippen molar-refractivity contribution >= 4 is 40.0 Å². The summed E-state index contributed by atoms with van der Waals surface area (Å²) in [5, 5.41) is 13.6. The number of aryl methyl sites for hydroxylation is 1. The maximum atomic E-state index is 12.2. The van der Waals surface area contributed by atoms with Crippen LogP contribution in [0.15, 0.2) is 51.7 Å². The van der Waals surface area contributed by atoms with Crippen LogP contribution in [0.3, 0.4) is 0 Å². The fourth-order valence-electron chi connectivity index (χ4n) is 3.65. The van der Waals surface area contributed by atoms with E-state index in [1.54, 1.807) is 29.2 Å². The highest BCUT2D eigenvalue weighted by molar-refractivity contribution is 5.96. The molecule has 0 spiro atoms. The number of hydrogen-bond donors (Lipinski definition) is 1. The second kappa shape index (κ2) is 8.42. The lowest BCUT2D eigenvalue weighted by atomic mass is 10.2. The third-order valence-electron chi connectivity index (χ3n) is 5.18. The smallest absolute Gasteiger partial charge is 0.407 e. The second-order valence-electron chi connectivity index (χ2n) is 7.28. The van der Waals surface area contributed by atoms with Crippen molar-refractivity contribution < 1.29 is 18.9 Å². The van der Waals surface area contributed by atoms with Gasteiger partial charge in [-0.3, -0.25) is 24.3 Å². The maximum absolute atomic E-state index is 12.2. The fraction of sp³-hybridized carbons (Fsp3) is 0.286. The van der Waals surface area contributed by atoms with E-state index in [0.29, 0.717) is 30.6 Å². The molecule has 10 heteroatoms. The van der Waals surface area contributed by atoms with E-state index in [0.717, 1.165) is 12.1 Å². The van der Waals surface area contributed by atoms with Crippen molar-refractivity contribution in [2.75, 3.05) is 16.8 Å². The molecule has 1 aliphatic rings. The molecule has 160 valence electrons. The average molecular weight is 424 g/mol. The number of anilines is 2. The maximum Gasteiger partial charge on any atom is 0.419 e. The summed E-state index contributed by atoms with van der Waals surface area (Å²) in [5.74, 6) is -0.724. The lowest BCUT2D eigenvalue weighted by Crippen LogP contribution is -2.23. The van der Waals surface area contributed by atoms with Gasteiger partial charge in [-0.1, -0.05) is 0 Å². The first kappa shape index (κ1) is 20.3. The summed E-state index contributed by atoms with van der Waals surface area (Å²) in [6.07, 6.45) is 1.98. The highest BCUT2D eigenvalue weighted by Gasteiger charge is 2.21. The second-order valence-corrected chi connectivity index (χ2v) is 7.28. The number of fused-ring (bicyclic) bond motifs is 1. The number of carbonyl (C=O) groups is 2. The lowest BCUT2D eigenvalue weighted by molar-refractivity contribution is -0.384. The quantitative estimate of drug-likeness (QED) is 0.459. The van der Waals surface area contributed by atoms with Crippen LogP contribution in [0.2, 0.25) is 0 Å². The molecule has 0 aliphatic carbocycles. The number of benzene rings is 2. The Morgan fingerprint density at radius 1 is 1.16 bits per heavy atom. The minimum atomic E-state index is -0.622. The number of non-ortho nitro benzene ring substituents is 1. The number of nitro groups is 1. The summed E-state index contributed by atoms with van der Waals surface area (Å²) in [7, 11) is 0. The van der Waals surface area contributed by atoms with Gasteiger partial charge in [0.1, 0.15) is 0 Å². The van der Waals surface area contributed by atoms with E-state index in [4.69, 9.17) is 4.42 Å². The first-order chi connectivity index (χ1) is 14.9. The Kier molecular flexibility index (Phi) is 5.52. The van der Waals surface area contributed by atoms with E-state index >= 15 is 0 Å². The summed E-state index contributed by atoms with van der Waals surface area (Å²) >= 11 is 0. The Labute approximate surface area is 176 Å². The molecule has 31 heavy (non-hydrogen) atoms.